The number of hydrogen-bond acceptors (Lipinski definition) is 3. The first-order valence-corrected chi connectivity index (χ1v) is 6.74. The number of rotatable bonds is 3. The first-order chi connectivity index (χ1) is 9.63. The van der Waals surface area contributed by atoms with Crippen LogP contribution in [-0.2, 0) is 9.53 Å². The van der Waals surface area contributed by atoms with Crippen molar-refractivity contribution in [2.45, 2.75) is 13.3 Å². The van der Waals surface area contributed by atoms with Crippen molar-refractivity contribution in [3.05, 3.63) is 47.5 Å². The largest absolute Gasteiger partial charge is 0.469 e. The van der Waals surface area contributed by atoms with Crippen LogP contribution >= 0.6 is 0 Å². The maximum atomic E-state index is 12.6. The topological polar surface area (TPSA) is 43.4 Å². The van der Waals surface area contributed by atoms with Gasteiger partial charge in [-0.15, -0.1) is 0 Å². The average Bonchev–Trinajstić information content (AvgIpc) is 3.27. The Hall–Kier alpha value is -2.16. The molecule has 0 aromatic heterocycles. The number of aryl methyl sites for hydroxylation is 1. The highest BCUT2D eigenvalue weighted by molar-refractivity contribution is 6.12. The Labute approximate surface area is 117 Å². The zero-order valence-electron chi connectivity index (χ0n) is 11.6. The van der Waals surface area contributed by atoms with E-state index in [-0.39, 0.29) is 23.6 Å². The first kappa shape index (κ1) is 12.9. The van der Waals surface area contributed by atoms with Gasteiger partial charge in [0.05, 0.1) is 13.0 Å². The van der Waals surface area contributed by atoms with E-state index in [2.05, 4.69) is 0 Å². The number of ketones is 1. The lowest BCUT2D eigenvalue weighted by Gasteiger charge is -2.08. The van der Waals surface area contributed by atoms with Gasteiger partial charge in [0.25, 0.3) is 0 Å². The third kappa shape index (κ3) is 1.99. The zero-order chi connectivity index (χ0) is 14.3. The minimum absolute atomic E-state index is 0.0524. The number of methoxy groups -OCH3 is 1. The van der Waals surface area contributed by atoms with Gasteiger partial charge in [-0.3, -0.25) is 9.59 Å². The van der Waals surface area contributed by atoms with E-state index in [1.165, 1.54) is 7.11 Å². The van der Waals surface area contributed by atoms with Crippen molar-refractivity contribution in [1.29, 1.82) is 0 Å². The zero-order valence-corrected chi connectivity index (χ0v) is 11.6. The molecule has 1 saturated carbocycles. The second kappa shape index (κ2) is 4.75. The van der Waals surface area contributed by atoms with Crippen molar-refractivity contribution in [3.63, 3.8) is 0 Å². The quantitative estimate of drug-likeness (QED) is 0.634. The molecular weight excluding hydrogens is 252 g/mol. The van der Waals surface area contributed by atoms with Crippen LogP contribution in [0, 0.1) is 18.8 Å². The van der Waals surface area contributed by atoms with Crippen LogP contribution in [0.5, 0.6) is 0 Å². The summed E-state index contributed by atoms with van der Waals surface area (Å²) in [4.78, 5) is 24.0. The number of carbonyl (C=O) groups excluding carboxylic acids is 2. The molecule has 0 heterocycles. The molecule has 1 aliphatic carbocycles. The fourth-order valence-corrected chi connectivity index (χ4v) is 2.76. The summed E-state index contributed by atoms with van der Waals surface area (Å²) in [6.45, 7) is 2.03. The Bertz CT molecular complexity index is 702. The van der Waals surface area contributed by atoms with Crippen molar-refractivity contribution in [2.24, 2.45) is 11.8 Å². The molecule has 0 spiro atoms. The monoisotopic (exact) mass is 268 g/mol. The molecule has 1 fully saturated rings. The highest BCUT2D eigenvalue weighted by Gasteiger charge is 2.49. The van der Waals surface area contributed by atoms with Gasteiger partial charge in [-0.25, -0.2) is 0 Å². The number of hydrogen-bond donors (Lipinski definition) is 0. The van der Waals surface area contributed by atoms with E-state index < -0.39 is 0 Å². The maximum absolute atomic E-state index is 12.6. The molecule has 0 radical (unpaired) electrons. The Balaban J connectivity index is 1.98. The number of esters is 1. The molecule has 1 aliphatic rings. The molecule has 2 atom stereocenters. The van der Waals surface area contributed by atoms with Crippen molar-refractivity contribution in [1.82, 2.24) is 0 Å². The van der Waals surface area contributed by atoms with Gasteiger partial charge >= 0.3 is 5.97 Å². The first-order valence-electron chi connectivity index (χ1n) is 6.74. The summed E-state index contributed by atoms with van der Waals surface area (Å²) in [6.07, 6.45) is 0.605. The standard InChI is InChI=1S/C17H16O3/c1-10-7-8-13(12-6-4-3-5-11(10)12)16(18)14-9-15(14)17(19)20-2/h3-8,14-15H,9H2,1-2H3. The molecule has 3 rings (SSSR count). The second-order valence-corrected chi connectivity index (χ2v) is 5.31. The lowest BCUT2D eigenvalue weighted by molar-refractivity contribution is -0.142. The van der Waals surface area contributed by atoms with E-state index in [0.29, 0.717) is 12.0 Å². The molecule has 0 bridgehead atoms. The summed E-state index contributed by atoms with van der Waals surface area (Å²) < 4.78 is 4.71. The summed E-state index contributed by atoms with van der Waals surface area (Å²) in [6, 6.07) is 11.7. The average molecular weight is 268 g/mol. The minimum atomic E-state index is -0.278. The lowest BCUT2D eigenvalue weighted by Crippen LogP contribution is -2.10. The minimum Gasteiger partial charge on any atom is -0.469 e. The SMILES string of the molecule is COC(=O)C1CC1C(=O)c1ccc(C)c2ccccc12. The van der Waals surface area contributed by atoms with Crippen LogP contribution in [0.3, 0.4) is 0 Å². The van der Waals surface area contributed by atoms with Gasteiger partial charge in [-0.05, 0) is 29.7 Å². The van der Waals surface area contributed by atoms with Crippen molar-refractivity contribution >= 4 is 22.5 Å². The molecule has 3 heteroatoms. The molecule has 0 saturated heterocycles. The second-order valence-electron chi connectivity index (χ2n) is 5.31. The van der Waals surface area contributed by atoms with Crippen LogP contribution in [0.15, 0.2) is 36.4 Å². The van der Waals surface area contributed by atoms with Gasteiger partial charge < -0.3 is 4.74 Å². The third-order valence-corrected chi connectivity index (χ3v) is 4.04. The number of fused-ring (bicyclic) bond motifs is 1. The van der Waals surface area contributed by atoms with Crippen molar-refractivity contribution < 1.29 is 14.3 Å². The Morgan fingerprint density at radius 2 is 1.75 bits per heavy atom. The van der Waals surface area contributed by atoms with E-state index in [0.717, 1.165) is 16.3 Å². The number of carbonyl (C=O) groups is 2. The molecule has 0 N–H and O–H groups in total. The predicted octanol–water partition coefficient (Wildman–Crippen LogP) is 3.14. The molecule has 2 aromatic carbocycles. The highest BCUT2D eigenvalue weighted by Crippen LogP contribution is 2.42. The summed E-state index contributed by atoms with van der Waals surface area (Å²) in [7, 11) is 1.36. The smallest absolute Gasteiger partial charge is 0.309 e. The van der Waals surface area contributed by atoms with Gasteiger partial charge in [0.1, 0.15) is 0 Å². The molecule has 2 unspecified atom stereocenters. The fourth-order valence-electron chi connectivity index (χ4n) is 2.76. The van der Waals surface area contributed by atoms with Gasteiger partial charge in [0.2, 0.25) is 0 Å². The van der Waals surface area contributed by atoms with E-state index >= 15 is 0 Å². The Morgan fingerprint density at radius 3 is 2.45 bits per heavy atom. The van der Waals surface area contributed by atoms with Gasteiger partial charge in [-0.2, -0.15) is 0 Å². The van der Waals surface area contributed by atoms with Crippen molar-refractivity contribution in [3.8, 4) is 0 Å². The van der Waals surface area contributed by atoms with Crippen LogP contribution in [0.1, 0.15) is 22.3 Å². The molecule has 0 aliphatic heterocycles. The number of benzene rings is 2. The van der Waals surface area contributed by atoms with E-state index in [1.807, 2.05) is 43.3 Å². The lowest BCUT2D eigenvalue weighted by atomic mass is 9.96. The molecule has 3 nitrogen and oxygen atoms in total. The normalized spacial score (nSPS) is 20.7. The Morgan fingerprint density at radius 1 is 1.05 bits per heavy atom. The molecule has 0 amide bonds. The van der Waals surface area contributed by atoms with E-state index in [4.69, 9.17) is 4.74 Å². The van der Waals surface area contributed by atoms with Crippen LogP contribution in [0.2, 0.25) is 0 Å². The summed E-state index contributed by atoms with van der Waals surface area (Å²) in [5, 5.41) is 2.06. The van der Waals surface area contributed by atoms with E-state index in [9.17, 15) is 9.59 Å². The van der Waals surface area contributed by atoms with Gasteiger partial charge in [0, 0.05) is 11.5 Å². The van der Waals surface area contributed by atoms with Crippen LogP contribution < -0.4 is 0 Å². The molecule has 2 aromatic rings. The summed E-state index contributed by atoms with van der Waals surface area (Å²) in [5.74, 6) is -0.697. The van der Waals surface area contributed by atoms with Crippen LogP contribution in [0.25, 0.3) is 10.8 Å². The molecular formula is C17H16O3. The summed E-state index contributed by atoms with van der Waals surface area (Å²) in [5.41, 5.74) is 1.86. The predicted molar refractivity (Wildman–Crippen MR) is 76.6 cm³/mol. The van der Waals surface area contributed by atoms with E-state index in [1.54, 1.807) is 0 Å². The number of Topliss-reactive ketones (excluding diaryl/α,β-unsaturated/α-hetero) is 1. The van der Waals surface area contributed by atoms with Crippen molar-refractivity contribution in [2.75, 3.05) is 7.11 Å². The Kier molecular flexibility index (Phi) is 3.05. The third-order valence-electron chi connectivity index (χ3n) is 4.04. The molecule has 20 heavy (non-hydrogen) atoms. The van der Waals surface area contributed by atoms with Crippen LogP contribution in [0.4, 0.5) is 0 Å². The highest BCUT2D eigenvalue weighted by atomic mass is 16.5. The fraction of sp³-hybridized carbons (Fsp3) is 0.294. The summed E-state index contributed by atoms with van der Waals surface area (Å²) >= 11 is 0. The maximum Gasteiger partial charge on any atom is 0.309 e. The van der Waals surface area contributed by atoms with Gasteiger partial charge in [-0.1, -0.05) is 36.4 Å². The van der Waals surface area contributed by atoms with Gasteiger partial charge in [0.15, 0.2) is 5.78 Å². The molecule has 102 valence electrons. The number of ether oxygens (including phenoxy) is 1. The van der Waals surface area contributed by atoms with Crippen LogP contribution in [-0.4, -0.2) is 18.9 Å².